The summed E-state index contributed by atoms with van der Waals surface area (Å²) in [6.07, 6.45) is 1.37. The van der Waals surface area contributed by atoms with Crippen LogP contribution >= 0.6 is 0 Å². The summed E-state index contributed by atoms with van der Waals surface area (Å²) in [7, 11) is 1.51. The summed E-state index contributed by atoms with van der Waals surface area (Å²) < 4.78 is 19.3. The third kappa shape index (κ3) is 4.10. The molecule has 10 heteroatoms. The number of aryl methyl sites for hydroxylation is 2. The number of urea groups is 1. The summed E-state index contributed by atoms with van der Waals surface area (Å²) in [5.74, 6) is -1.25. The van der Waals surface area contributed by atoms with Crippen molar-refractivity contribution in [1.29, 1.82) is 0 Å². The summed E-state index contributed by atoms with van der Waals surface area (Å²) in [4.78, 5) is 54.2. The number of likely N-dealkylation sites (tertiary alicyclic amines) is 1. The zero-order valence-corrected chi connectivity index (χ0v) is 21.0. The molecule has 2 N–H and O–H groups in total. The van der Waals surface area contributed by atoms with Crippen molar-refractivity contribution < 1.29 is 28.3 Å². The van der Waals surface area contributed by atoms with Crippen molar-refractivity contribution in [3.8, 4) is 0 Å². The fourth-order valence-corrected chi connectivity index (χ4v) is 5.86. The maximum absolute atomic E-state index is 13.7. The van der Waals surface area contributed by atoms with Gasteiger partial charge in [0.05, 0.1) is 6.04 Å². The standard InChI is InChI=1S/C27H29FN4O5/c1-15-12-18(28)5-7-20(15)22-9-4-16(2)32(22)23(33)14-31-24(34)27(37-26(31)36)11-10-17-13-19(6-8-21(17)27)30-25(35)29-3/h5-8,12-13,16,22H,4,9-11,14H2,1-3H3,(H2,29,30,35)/t16-,22?,27-/m1/s1. The molecule has 3 atom stereocenters. The van der Waals surface area contributed by atoms with Gasteiger partial charge >= 0.3 is 12.1 Å². The molecule has 2 aromatic carbocycles. The zero-order valence-electron chi connectivity index (χ0n) is 21.0. The average molecular weight is 509 g/mol. The van der Waals surface area contributed by atoms with Gasteiger partial charge in [0.2, 0.25) is 11.5 Å². The largest absolute Gasteiger partial charge is 0.427 e. The second-order valence-corrected chi connectivity index (χ2v) is 9.91. The molecule has 1 unspecified atom stereocenters. The molecule has 2 fully saturated rings. The maximum atomic E-state index is 13.7. The van der Waals surface area contributed by atoms with Crippen molar-refractivity contribution in [1.82, 2.24) is 15.1 Å². The number of nitrogens with one attached hydrogen (secondary N) is 2. The van der Waals surface area contributed by atoms with Gasteiger partial charge in [-0.2, -0.15) is 0 Å². The number of hydrogen-bond acceptors (Lipinski definition) is 5. The summed E-state index contributed by atoms with van der Waals surface area (Å²) in [5.41, 5.74) is 2.06. The minimum Gasteiger partial charge on any atom is -0.427 e. The van der Waals surface area contributed by atoms with E-state index in [9.17, 15) is 23.6 Å². The Labute approximate surface area is 213 Å². The Kier molecular flexibility index (Phi) is 6.13. The smallest absolute Gasteiger partial charge is 0.418 e. The molecular weight excluding hydrogens is 479 g/mol. The summed E-state index contributed by atoms with van der Waals surface area (Å²) >= 11 is 0. The SMILES string of the molecule is CNC(=O)Nc1ccc2c(c1)CC[C@@]21OC(=O)N(CC(=O)N2C(c3ccc(F)cc3C)CC[C@H]2C)C1=O. The number of halogens is 1. The van der Waals surface area contributed by atoms with Gasteiger partial charge in [-0.05, 0) is 74.1 Å². The third-order valence-corrected chi connectivity index (χ3v) is 7.68. The maximum Gasteiger partial charge on any atom is 0.418 e. The van der Waals surface area contributed by atoms with Crippen molar-refractivity contribution in [2.45, 2.75) is 57.2 Å². The Morgan fingerprint density at radius 3 is 2.68 bits per heavy atom. The topological polar surface area (TPSA) is 108 Å². The van der Waals surface area contributed by atoms with E-state index in [2.05, 4.69) is 10.6 Å². The number of hydrogen-bond donors (Lipinski definition) is 2. The van der Waals surface area contributed by atoms with E-state index in [1.54, 1.807) is 29.2 Å². The van der Waals surface area contributed by atoms with Gasteiger partial charge in [0.15, 0.2) is 0 Å². The van der Waals surface area contributed by atoms with Gasteiger partial charge in [-0.15, -0.1) is 0 Å². The number of carbonyl (C=O) groups excluding carboxylic acids is 4. The van der Waals surface area contributed by atoms with Crippen LogP contribution in [0.4, 0.5) is 19.7 Å². The fraction of sp³-hybridized carbons (Fsp3) is 0.407. The Bertz CT molecular complexity index is 1310. The van der Waals surface area contributed by atoms with E-state index < -0.39 is 24.1 Å². The summed E-state index contributed by atoms with van der Waals surface area (Å²) in [6, 6.07) is 8.89. The first kappa shape index (κ1) is 24.7. The molecule has 5 amide bonds. The van der Waals surface area contributed by atoms with E-state index in [1.165, 1.54) is 19.2 Å². The Morgan fingerprint density at radius 1 is 1.16 bits per heavy atom. The van der Waals surface area contributed by atoms with Gasteiger partial charge in [-0.1, -0.05) is 12.1 Å². The Hall–Kier alpha value is -3.95. The number of amides is 5. The summed E-state index contributed by atoms with van der Waals surface area (Å²) in [6.45, 7) is 3.31. The number of carbonyl (C=O) groups is 4. The molecule has 2 aliphatic heterocycles. The first-order valence-electron chi connectivity index (χ1n) is 12.4. The van der Waals surface area contributed by atoms with E-state index in [0.717, 1.165) is 28.0 Å². The lowest BCUT2D eigenvalue weighted by molar-refractivity contribution is -0.143. The number of imide groups is 1. The summed E-state index contributed by atoms with van der Waals surface area (Å²) in [5, 5.41) is 5.17. The van der Waals surface area contributed by atoms with Crippen LogP contribution in [-0.2, 0) is 26.3 Å². The molecule has 1 aliphatic carbocycles. The number of fused-ring (bicyclic) bond motifs is 2. The molecule has 3 aliphatic rings. The molecule has 0 bridgehead atoms. The monoisotopic (exact) mass is 508 g/mol. The quantitative estimate of drug-likeness (QED) is 0.654. The van der Waals surface area contributed by atoms with Gasteiger partial charge < -0.3 is 20.3 Å². The second-order valence-electron chi connectivity index (χ2n) is 9.91. The Morgan fingerprint density at radius 2 is 1.95 bits per heavy atom. The van der Waals surface area contributed by atoms with E-state index in [1.807, 2.05) is 13.8 Å². The minimum atomic E-state index is -1.47. The van der Waals surface area contributed by atoms with E-state index in [-0.39, 0.29) is 36.3 Å². The highest BCUT2D eigenvalue weighted by Gasteiger charge is 2.58. The normalized spacial score (nSPS) is 24.4. The lowest BCUT2D eigenvalue weighted by Crippen LogP contribution is -2.46. The lowest BCUT2D eigenvalue weighted by Gasteiger charge is -2.31. The van der Waals surface area contributed by atoms with Crippen molar-refractivity contribution >= 4 is 29.6 Å². The van der Waals surface area contributed by atoms with E-state index in [4.69, 9.17) is 4.74 Å². The highest BCUT2D eigenvalue weighted by Crippen LogP contribution is 2.46. The zero-order chi connectivity index (χ0) is 26.5. The van der Waals surface area contributed by atoms with Crippen LogP contribution in [0.1, 0.15) is 54.5 Å². The Balaban J connectivity index is 1.36. The number of anilines is 1. The predicted molar refractivity (Wildman–Crippen MR) is 132 cm³/mol. The number of rotatable bonds is 4. The lowest BCUT2D eigenvalue weighted by atomic mass is 9.94. The molecular formula is C27H29FN4O5. The molecule has 0 saturated carbocycles. The highest BCUT2D eigenvalue weighted by molar-refractivity contribution is 6.06. The number of ether oxygens (including phenoxy) is 1. The van der Waals surface area contributed by atoms with Crippen molar-refractivity contribution in [2.24, 2.45) is 0 Å². The van der Waals surface area contributed by atoms with Crippen LogP contribution < -0.4 is 10.6 Å². The first-order valence-corrected chi connectivity index (χ1v) is 12.4. The molecule has 37 heavy (non-hydrogen) atoms. The van der Waals surface area contributed by atoms with Crippen molar-refractivity contribution in [2.75, 3.05) is 18.9 Å². The van der Waals surface area contributed by atoms with Gasteiger partial charge in [0.25, 0.3) is 5.91 Å². The van der Waals surface area contributed by atoms with E-state index in [0.29, 0.717) is 24.1 Å². The highest BCUT2D eigenvalue weighted by atomic mass is 19.1. The van der Waals surface area contributed by atoms with Crippen LogP contribution in [0.25, 0.3) is 0 Å². The van der Waals surface area contributed by atoms with Crippen LogP contribution in [0.2, 0.25) is 0 Å². The van der Waals surface area contributed by atoms with Crippen LogP contribution in [0.15, 0.2) is 36.4 Å². The van der Waals surface area contributed by atoms with Gasteiger partial charge in [-0.25, -0.2) is 18.9 Å². The van der Waals surface area contributed by atoms with Gasteiger partial charge in [0.1, 0.15) is 12.4 Å². The minimum absolute atomic E-state index is 0.0944. The van der Waals surface area contributed by atoms with Crippen molar-refractivity contribution in [3.63, 3.8) is 0 Å². The second kappa shape index (κ2) is 9.17. The number of benzene rings is 2. The molecule has 0 radical (unpaired) electrons. The molecule has 9 nitrogen and oxygen atoms in total. The first-order chi connectivity index (χ1) is 17.6. The van der Waals surface area contributed by atoms with Crippen LogP contribution in [-0.4, -0.2) is 53.4 Å². The molecule has 2 heterocycles. The number of nitrogens with zero attached hydrogens (tertiary/aromatic N) is 2. The van der Waals surface area contributed by atoms with Crippen molar-refractivity contribution in [3.05, 3.63) is 64.5 Å². The predicted octanol–water partition coefficient (Wildman–Crippen LogP) is 3.76. The average Bonchev–Trinajstić information content (AvgIpc) is 3.49. The van der Waals surface area contributed by atoms with Crippen LogP contribution in [0.3, 0.4) is 0 Å². The third-order valence-electron chi connectivity index (χ3n) is 7.68. The fourth-order valence-electron chi connectivity index (χ4n) is 5.86. The molecule has 2 saturated heterocycles. The van der Waals surface area contributed by atoms with Crippen LogP contribution in [0, 0.1) is 12.7 Å². The molecule has 2 aromatic rings. The van der Waals surface area contributed by atoms with Gasteiger partial charge in [-0.3, -0.25) is 9.59 Å². The molecule has 1 spiro atoms. The van der Waals surface area contributed by atoms with E-state index >= 15 is 0 Å². The molecule has 194 valence electrons. The molecule has 0 aromatic heterocycles. The molecule has 5 rings (SSSR count). The van der Waals surface area contributed by atoms with Gasteiger partial charge in [0, 0.05) is 30.8 Å². The van der Waals surface area contributed by atoms with Crippen LogP contribution in [0.5, 0.6) is 0 Å².